The van der Waals surface area contributed by atoms with E-state index >= 15 is 0 Å². The second kappa shape index (κ2) is 12.6. The zero-order valence-corrected chi connectivity index (χ0v) is 18.4. The number of likely N-dealkylation sites (N-methyl/N-ethyl adjacent to an activating group) is 1. The van der Waals surface area contributed by atoms with Gasteiger partial charge in [0.1, 0.15) is 0 Å². The highest BCUT2D eigenvalue weighted by molar-refractivity contribution is 5.79. The normalized spacial score (nSPS) is 18.8. The number of guanidine groups is 1. The fourth-order valence-electron chi connectivity index (χ4n) is 3.37. The van der Waals surface area contributed by atoms with E-state index in [0.29, 0.717) is 5.92 Å². The number of unbranched alkanes of at least 4 members (excludes halogenated alkanes) is 2. The SMILES string of the molecule is CCCCCC(C)(C)CN=C(NCC)NCC(C)CN1CCN(C)CC1. The van der Waals surface area contributed by atoms with Gasteiger partial charge in [0, 0.05) is 52.4 Å². The maximum absolute atomic E-state index is 4.87. The van der Waals surface area contributed by atoms with Gasteiger partial charge in [0.05, 0.1) is 0 Å². The van der Waals surface area contributed by atoms with Crippen LogP contribution in [0.2, 0.25) is 0 Å². The van der Waals surface area contributed by atoms with Gasteiger partial charge in [-0.25, -0.2) is 0 Å². The molecule has 1 heterocycles. The molecule has 0 aromatic carbocycles. The first kappa shape index (κ1) is 23.2. The fourth-order valence-corrected chi connectivity index (χ4v) is 3.37. The first-order valence-electron chi connectivity index (χ1n) is 10.8. The highest BCUT2D eigenvalue weighted by Crippen LogP contribution is 2.23. The predicted molar refractivity (Wildman–Crippen MR) is 115 cm³/mol. The Morgan fingerprint density at radius 3 is 2.38 bits per heavy atom. The van der Waals surface area contributed by atoms with Gasteiger partial charge in [-0.3, -0.25) is 4.99 Å². The van der Waals surface area contributed by atoms with Crippen LogP contribution in [0.4, 0.5) is 0 Å². The van der Waals surface area contributed by atoms with Gasteiger partial charge in [-0.05, 0) is 31.7 Å². The predicted octanol–water partition coefficient (Wildman–Crippen LogP) is 3.03. The van der Waals surface area contributed by atoms with Crippen LogP contribution in [-0.4, -0.2) is 75.2 Å². The van der Waals surface area contributed by atoms with E-state index in [1.54, 1.807) is 0 Å². The van der Waals surface area contributed by atoms with Crippen molar-refractivity contribution in [2.45, 2.75) is 60.3 Å². The molecule has 5 heteroatoms. The molecule has 1 aliphatic heterocycles. The number of hydrogen-bond acceptors (Lipinski definition) is 3. The van der Waals surface area contributed by atoms with E-state index in [-0.39, 0.29) is 5.41 Å². The van der Waals surface area contributed by atoms with Crippen molar-refractivity contribution in [1.82, 2.24) is 20.4 Å². The molecule has 0 aromatic rings. The van der Waals surface area contributed by atoms with Crippen LogP contribution in [0.5, 0.6) is 0 Å². The Hall–Kier alpha value is -0.810. The summed E-state index contributed by atoms with van der Waals surface area (Å²) in [5, 5.41) is 6.97. The molecule has 1 aliphatic rings. The summed E-state index contributed by atoms with van der Waals surface area (Å²) in [6.07, 6.45) is 5.18. The maximum atomic E-state index is 4.87. The Labute approximate surface area is 163 Å². The van der Waals surface area contributed by atoms with Crippen molar-refractivity contribution in [2.24, 2.45) is 16.3 Å². The summed E-state index contributed by atoms with van der Waals surface area (Å²) in [5.74, 6) is 1.60. The number of rotatable bonds is 11. The van der Waals surface area contributed by atoms with Crippen molar-refractivity contribution in [3.8, 4) is 0 Å². The molecule has 1 unspecified atom stereocenters. The average Bonchev–Trinajstić information content (AvgIpc) is 2.59. The molecule has 2 N–H and O–H groups in total. The first-order chi connectivity index (χ1) is 12.4. The summed E-state index contributed by atoms with van der Waals surface area (Å²) >= 11 is 0. The lowest BCUT2D eigenvalue weighted by Crippen LogP contribution is -2.47. The lowest BCUT2D eigenvalue weighted by atomic mass is 9.87. The number of piperazine rings is 1. The molecule has 1 fully saturated rings. The third kappa shape index (κ3) is 10.4. The van der Waals surface area contributed by atoms with Gasteiger partial charge in [-0.15, -0.1) is 0 Å². The minimum atomic E-state index is 0.281. The summed E-state index contributed by atoms with van der Waals surface area (Å²) in [4.78, 5) is 9.87. The van der Waals surface area contributed by atoms with Crippen LogP contribution >= 0.6 is 0 Å². The summed E-state index contributed by atoms with van der Waals surface area (Å²) in [6, 6.07) is 0. The zero-order valence-electron chi connectivity index (χ0n) is 18.4. The number of aliphatic imine (C=N–C) groups is 1. The molecule has 0 saturated carbocycles. The van der Waals surface area contributed by atoms with E-state index in [1.165, 1.54) is 58.4 Å². The Morgan fingerprint density at radius 1 is 1.08 bits per heavy atom. The molecule has 0 amide bonds. The molecule has 1 rings (SSSR count). The summed E-state index contributed by atoms with van der Waals surface area (Å²) in [7, 11) is 2.21. The minimum absolute atomic E-state index is 0.281. The highest BCUT2D eigenvalue weighted by Gasteiger charge is 2.18. The Bertz CT molecular complexity index is 386. The lowest BCUT2D eigenvalue weighted by Gasteiger charge is -2.34. The lowest BCUT2D eigenvalue weighted by molar-refractivity contribution is 0.139. The molecule has 1 atom stereocenters. The molecule has 154 valence electrons. The van der Waals surface area contributed by atoms with Crippen molar-refractivity contribution >= 4 is 5.96 Å². The molecule has 0 spiro atoms. The van der Waals surface area contributed by atoms with Crippen molar-refractivity contribution in [3.63, 3.8) is 0 Å². The van der Waals surface area contributed by atoms with Crippen molar-refractivity contribution in [1.29, 1.82) is 0 Å². The van der Waals surface area contributed by atoms with Crippen LogP contribution in [0, 0.1) is 11.3 Å². The maximum Gasteiger partial charge on any atom is 0.191 e. The van der Waals surface area contributed by atoms with Gasteiger partial charge in [0.2, 0.25) is 0 Å². The number of nitrogens with one attached hydrogen (secondary N) is 2. The molecule has 0 radical (unpaired) electrons. The molecule has 0 bridgehead atoms. The van der Waals surface area contributed by atoms with E-state index in [9.17, 15) is 0 Å². The van der Waals surface area contributed by atoms with Crippen LogP contribution in [-0.2, 0) is 0 Å². The second-order valence-electron chi connectivity index (χ2n) is 8.91. The summed E-state index contributed by atoms with van der Waals surface area (Å²) in [5.41, 5.74) is 0.281. The smallest absolute Gasteiger partial charge is 0.191 e. The van der Waals surface area contributed by atoms with Crippen LogP contribution in [0.15, 0.2) is 4.99 Å². The van der Waals surface area contributed by atoms with E-state index < -0.39 is 0 Å². The third-order valence-electron chi connectivity index (χ3n) is 5.25. The summed E-state index contributed by atoms with van der Waals surface area (Å²) < 4.78 is 0. The Balaban J connectivity index is 2.38. The van der Waals surface area contributed by atoms with Gasteiger partial charge in [0.25, 0.3) is 0 Å². The second-order valence-corrected chi connectivity index (χ2v) is 8.91. The molecule has 5 nitrogen and oxygen atoms in total. The standard InChI is InChI=1S/C21H45N5/c1-7-9-10-11-21(4,5)18-24-20(22-8-2)23-16-19(3)17-26-14-12-25(6)13-15-26/h19H,7-18H2,1-6H3,(H2,22,23,24). The van der Waals surface area contributed by atoms with Crippen LogP contribution in [0.3, 0.4) is 0 Å². The van der Waals surface area contributed by atoms with Crippen LogP contribution in [0.1, 0.15) is 60.3 Å². The van der Waals surface area contributed by atoms with Gasteiger partial charge >= 0.3 is 0 Å². The van der Waals surface area contributed by atoms with E-state index in [2.05, 4.69) is 62.1 Å². The van der Waals surface area contributed by atoms with Gasteiger partial charge in [-0.2, -0.15) is 0 Å². The molecule has 26 heavy (non-hydrogen) atoms. The molecular formula is C21H45N5. The molecular weight excluding hydrogens is 322 g/mol. The highest BCUT2D eigenvalue weighted by atomic mass is 15.2. The van der Waals surface area contributed by atoms with Crippen LogP contribution in [0.25, 0.3) is 0 Å². The third-order valence-corrected chi connectivity index (χ3v) is 5.25. The van der Waals surface area contributed by atoms with E-state index in [0.717, 1.165) is 25.6 Å². The minimum Gasteiger partial charge on any atom is -0.357 e. The number of nitrogens with zero attached hydrogens (tertiary/aromatic N) is 3. The fraction of sp³-hybridized carbons (Fsp3) is 0.952. The zero-order chi connectivity index (χ0) is 19.4. The van der Waals surface area contributed by atoms with Crippen molar-refractivity contribution in [2.75, 3.05) is 59.4 Å². The van der Waals surface area contributed by atoms with Gasteiger partial charge in [0.15, 0.2) is 5.96 Å². The molecule has 0 aliphatic carbocycles. The van der Waals surface area contributed by atoms with Crippen LogP contribution < -0.4 is 10.6 Å². The molecule has 1 saturated heterocycles. The van der Waals surface area contributed by atoms with Gasteiger partial charge in [-0.1, -0.05) is 47.0 Å². The van der Waals surface area contributed by atoms with E-state index in [1.807, 2.05) is 0 Å². The van der Waals surface area contributed by atoms with E-state index in [4.69, 9.17) is 4.99 Å². The summed E-state index contributed by atoms with van der Waals surface area (Å²) in [6.45, 7) is 20.1. The average molecular weight is 368 g/mol. The largest absolute Gasteiger partial charge is 0.357 e. The van der Waals surface area contributed by atoms with Crippen molar-refractivity contribution in [3.05, 3.63) is 0 Å². The Morgan fingerprint density at radius 2 is 1.77 bits per heavy atom. The quantitative estimate of drug-likeness (QED) is 0.335. The first-order valence-corrected chi connectivity index (χ1v) is 10.8. The Kier molecular flexibility index (Phi) is 11.2. The van der Waals surface area contributed by atoms with Gasteiger partial charge < -0.3 is 20.4 Å². The topological polar surface area (TPSA) is 42.9 Å². The van der Waals surface area contributed by atoms with Crippen molar-refractivity contribution < 1.29 is 0 Å². The number of hydrogen-bond donors (Lipinski definition) is 2. The molecule has 0 aromatic heterocycles. The monoisotopic (exact) mass is 367 g/mol.